The van der Waals surface area contributed by atoms with E-state index < -0.39 is 0 Å². The molecule has 3 rings (SSSR count). The number of fused-ring (bicyclic) bond motifs is 1. The molecule has 20 heavy (non-hydrogen) atoms. The Bertz CT molecular complexity index is 585. The Morgan fingerprint density at radius 1 is 1.25 bits per heavy atom. The zero-order chi connectivity index (χ0) is 14.1. The second-order valence-corrected chi connectivity index (χ2v) is 6.41. The molecule has 0 saturated carbocycles. The van der Waals surface area contributed by atoms with Crippen molar-refractivity contribution in [1.82, 2.24) is 19.5 Å². The van der Waals surface area contributed by atoms with Crippen LogP contribution in [0, 0.1) is 5.92 Å². The lowest BCUT2D eigenvalue weighted by molar-refractivity contribution is 0.148. The molecule has 1 aliphatic heterocycles. The summed E-state index contributed by atoms with van der Waals surface area (Å²) in [6, 6.07) is 4.43. The first-order chi connectivity index (χ1) is 9.63. The molecular weight excluding hydrogens is 272 g/mol. The highest BCUT2D eigenvalue weighted by molar-refractivity contribution is 6.30. The van der Waals surface area contributed by atoms with Gasteiger partial charge in [0.25, 0.3) is 0 Å². The van der Waals surface area contributed by atoms with Crippen molar-refractivity contribution >= 4 is 17.2 Å². The molecule has 108 valence electrons. The Hall–Kier alpha value is -1.13. The van der Waals surface area contributed by atoms with Crippen molar-refractivity contribution < 1.29 is 0 Å². The smallest absolute Gasteiger partial charge is 0.160 e. The first kappa shape index (κ1) is 13.8. The van der Waals surface area contributed by atoms with Crippen LogP contribution in [0.4, 0.5) is 0 Å². The van der Waals surface area contributed by atoms with E-state index in [0.717, 1.165) is 22.9 Å². The predicted octanol–water partition coefficient (Wildman–Crippen LogP) is 3.05. The van der Waals surface area contributed by atoms with E-state index in [1.54, 1.807) is 0 Å². The van der Waals surface area contributed by atoms with E-state index in [9.17, 15) is 0 Å². The molecule has 0 N–H and O–H groups in total. The number of likely N-dealkylation sites (tertiary alicyclic amines) is 1. The Labute approximate surface area is 124 Å². The van der Waals surface area contributed by atoms with E-state index in [4.69, 9.17) is 11.6 Å². The molecule has 2 aromatic rings. The highest BCUT2D eigenvalue weighted by Crippen LogP contribution is 2.23. The van der Waals surface area contributed by atoms with Crippen LogP contribution in [-0.2, 0) is 6.42 Å². The third-order valence-corrected chi connectivity index (χ3v) is 4.51. The minimum absolute atomic E-state index is 0.656. The van der Waals surface area contributed by atoms with Gasteiger partial charge < -0.3 is 4.90 Å². The quantitative estimate of drug-likeness (QED) is 0.872. The highest BCUT2D eigenvalue weighted by atomic mass is 35.5. The first-order valence-corrected chi connectivity index (χ1v) is 7.74. The maximum Gasteiger partial charge on any atom is 0.160 e. The molecular formula is C15H21ClN4. The highest BCUT2D eigenvalue weighted by Gasteiger charge is 2.22. The van der Waals surface area contributed by atoms with E-state index in [1.165, 1.54) is 25.9 Å². The lowest BCUT2D eigenvalue weighted by Gasteiger charge is -2.34. The number of pyridine rings is 1. The second kappa shape index (κ2) is 5.70. The van der Waals surface area contributed by atoms with Gasteiger partial charge in [0.05, 0.1) is 5.02 Å². The molecule has 0 atom stereocenters. The van der Waals surface area contributed by atoms with E-state index in [2.05, 4.69) is 28.9 Å². The first-order valence-electron chi connectivity index (χ1n) is 7.36. The van der Waals surface area contributed by atoms with Gasteiger partial charge in [0.1, 0.15) is 5.82 Å². The van der Waals surface area contributed by atoms with Crippen LogP contribution in [0.5, 0.6) is 0 Å². The van der Waals surface area contributed by atoms with Crippen molar-refractivity contribution in [2.75, 3.05) is 13.1 Å². The zero-order valence-electron chi connectivity index (χ0n) is 12.1. The monoisotopic (exact) mass is 292 g/mol. The summed E-state index contributed by atoms with van der Waals surface area (Å²) in [5, 5.41) is 9.27. The molecule has 4 nitrogen and oxygen atoms in total. The minimum Gasteiger partial charge on any atom is -0.301 e. The van der Waals surface area contributed by atoms with Gasteiger partial charge in [0.2, 0.25) is 0 Å². The number of halogens is 1. The third-order valence-electron chi connectivity index (χ3n) is 4.29. The maximum atomic E-state index is 6.06. The number of hydrogen-bond acceptors (Lipinski definition) is 3. The Morgan fingerprint density at radius 2 is 2.00 bits per heavy atom. The van der Waals surface area contributed by atoms with Gasteiger partial charge in [-0.3, -0.25) is 4.40 Å². The van der Waals surface area contributed by atoms with E-state index in [-0.39, 0.29) is 0 Å². The van der Waals surface area contributed by atoms with Crippen molar-refractivity contribution in [1.29, 1.82) is 0 Å². The zero-order valence-corrected chi connectivity index (χ0v) is 12.8. The van der Waals surface area contributed by atoms with Crippen LogP contribution in [-0.4, -0.2) is 38.6 Å². The molecule has 0 bridgehead atoms. The lowest BCUT2D eigenvalue weighted by atomic mass is 9.92. The molecule has 3 heterocycles. The maximum absolute atomic E-state index is 6.06. The standard InChI is InChI=1S/C15H21ClN4/c1-11(2)19-7-5-12(6-8-19)9-15-18-17-14-4-3-13(16)10-20(14)15/h3-4,10-12H,5-9H2,1-2H3. The Balaban J connectivity index is 1.70. The van der Waals surface area contributed by atoms with Gasteiger partial charge in [0, 0.05) is 18.7 Å². The molecule has 0 radical (unpaired) electrons. The van der Waals surface area contributed by atoms with E-state index in [0.29, 0.717) is 12.0 Å². The molecule has 1 fully saturated rings. The summed E-state index contributed by atoms with van der Waals surface area (Å²) in [6.45, 7) is 6.93. The minimum atomic E-state index is 0.656. The van der Waals surface area contributed by atoms with Gasteiger partial charge in [-0.25, -0.2) is 0 Å². The second-order valence-electron chi connectivity index (χ2n) is 5.97. The molecule has 1 saturated heterocycles. The SMILES string of the molecule is CC(C)N1CCC(Cc2nnc3ccc(Cl)cn23)CC1. The summed E-state index contributed by atoms with van der Waals surface area (Å²) in [7, 11) is 0. The molecule has 0 spiro atoms. The molecule has 0 unspecified atom stereocenters. The predicted molar refractivity (Wildman–Crippen MR) is 81.1 cm³/mol. The van der Waals surface area contributed by atoms with Crippen LogP contribution in [0.25, 0.3) is 5.65 Å². The van der Waals surface area contributed by atoms with Crippen molar-refractivity contribution in [2.24, 2.45) is 5.92 Å². The molecule has 1 aliphatic rings. The van der Waals surface area contributed by atoms with E-state index >= 15 is 0 Å². The molecule has 2 aromatic heterocycles. The van der Waals surface area contributed by atoms with Crippen molar-refractivity contribution in [3.63, 3.8) is 0 Å². The molecule has 0 aliphatic carbocycles. The fourth-order valence-corrected chi connectivity index (χ4v) is 3.14. The van der Waals surface area contributed by atoms with Gasteiger partial charge in [-0.15, -0.1) is 10.2 Å². The summed E-state index contributed by atoms with van der Waals surface area (Å²) in [5.41, 5.74) is 0.879. The van der Waals surface area contributed by atoms with Gasteiger partial charge >= 0.3 is 0 Å². The van der Waals surface area contributed by atoms with Crippen LogP contribution in [0.15, 0.2) is 18.3 Å². The van der Waals surface area contributed by atoms with Crippen LogP contribution in [0.1, 0.15) is 32.5 Å². The summed E-state index contributed by atoms with van der Waals surface area (Å²) >= 11 is 6.06. The van der Waals surface area contributed by atoms with Gasteiger partial charge in [-0.1, -0.05) is 11.6 Å². The number of aromatic nitrogens is 3. The molecule has 0 aromatic carbocycles. The van der Waals surface area contributed by atoms with Gasteiger partial charge in [-0.05, 0) is 57.8 Å². The van der Waals surface area contributed by atoms with Gasteiger partial charge in [0.15, 0.2) is 5.65 Å². The Morgan fingerprint density at radius 3 is 2.70 bits per heavy atom. The number of piperidine rings is 1. The van der Waals surface area contributed by atoms with Crippen LogP contribution in [0.3, 0.4) is 0 Å². The van der Waals surface area contributed by atoms with Crippen LogP contribution < -0.4 is 0 Å². The van der Waals surface area contributed by atoms with Crippen molar-refractivity contribution in [2.45, 2.75) is 39.2 Å². The number of nitrogens with zero attached hydrogens (tertiary/aromatic N) is 4. The summed E-state index contributed by atoms with van der Waals surface area (Å²) in [6.07, 6.45) is 5.39. The summed E-state index contributed by atoms with van der Waals surface area (Å²) in [5.74, 6) is 1.74. The summed E-state index contributed by atoms with van der Waals surface area (Å²) in [4.78, 5) is 2.55. The topological polar surface area (TPSA) is 33.4 Å². The third kappa shape index (κ3) is 2.81. The average molecular weight is 293 g/mol. The van der Waals surface area contributed by atoms with E-state index in [1.807, 2.05) is 22.7 Å². The largest absolute Gasteiger partial charge is 0.301 e. The van der Waals surface area contributed by atoms with Crippen LogP contribution >= 0.6 is 11.6 Å². The van der Waals surface area contributed by atoms with Crippen LogP contribution in [0.2, 0.25) is 5.02 Å². The number of hydrogen-bond donors (Lipinski definition) is 0. The molecule has 0 amide bonds. The summed E-state index contributed by atoms with van der Waals surface area (Å²) < 4.78 is 2.02. The van der Waals surface area contributed by atoms with Crippen molar-refractivity contribution in [3.8, 4) is 0 Å². The number of rotatable bonds is 3. The lowest BCUT2D eigenvalue weighted by Crippen LogP contribution is -2.38. The fourth-order valence-electron chi connectivity index (χ4n) is 2.98. The fraction of sp³-hybridized carbons (Fsp3) is 0.600. The Kier molecular flexibility index (Phi) is 3.94. The average Bonchev–Trinajstić information content (AvgIpc) is 2.82. The van der Waals surface area contributed by atoms with Crippen molar-refractivity contribution in [3.05, 3.63) is 29.2 Å². The normalized spacial score (nSPS) is 18.2. The van der Waals surface area contributed by atoms with Gasteiger partial charge in [-0.2, -0.15) is 0 Å². The molecule has 5 heteroatoms.